The van der Waals surface area contributed by atoms with E-state index in [0.29, 0.717) is 11.1 Å². The number of hydrogen-bond acceptors (Lipinski definition) is 3. The first-order chi connectivity index (χ1) is 10.5. The Balaban J connectivity index is 2.03. The van der Waals surface area contributed by atoms with Gasteiger partial charge in [0.2, 0.25) is 0 Å². The van der Waals surface area contributed by atoms with Gasteiger partial charge in [-0.3, -0.25) is 4.79 Å². The molecule has 0 bridgehead atoms. The van der Waals surface area contributed by atoms with E-state index in [1.165, 1.54) is 24.3 Å². The molecular weight excluding hydrogens is 283 g/mol. The Bertz CT molecular complexity index is 658. The van der Waals surface area contributed by atoms with Crippen LogP contribution in [0.4, 0.5) is 4.39 Å². The molecule has 2 rings (SSSR count). The molecule has 0 saturated carbocycles. The second-order valence-corrected chi connectivity index (χ2v) is 5.26. The average molecular weight is 300 g/mol. The summed E-state index contributed by atoms with van der Waals surface area (Å²) in [7, 11) is 0. The van der Waals surface area contributed by atoms with Crippen molar-refractivity contribution in [2.45, 2.75) is 26.4 Å². The second-order valence-electron chi connectivity index (χ2n) is 5.26. The van der Waals surface area contributed by atoms with E-state index in [4.69, 9.17) is 4.74 Å². The van der Waals surface area contributed by atoms with Crippen molar-refractivity contribution >= 4 is 11.8 Å². The van der Waals surface area contributed by atoms with Gasteiger partial charge in [-0.05, 0) is 55.8 Å². The van der Waals surface area contributed by atoms with Gasteiger partial charge in [-0.25, -0.2) is 9.18 Å². The van der Waals surface area contributed by atoms with Crippen LogP contribution in [-0.4, -0.2) is 17.9 Å². The fraction of sp³-hybridized carbons (Fsp3) is 0.222. The van der Waals surface area contributed by atoms with Crippen molar-refractivity contribution in [1.82, 2.24) is 0 Å². The van der Waals surface area contributed by atoms with Crippen LogP contribution >= 0.6 is 0 Å². The number of halogens is 1. The second kappa shape index (κ2) is 6.98. The van der Waals surface area contributed by atoms with Crippen molar-refractivity contribution in [3.63, 3.8) is 0 Å². The van der Waals surface area contributed by atoms with Crippen molar-refractivity contribution in [2.75, 3.05) is 0 Å². The molecule has 0 fully saturated rings. The maximum atomic E-state index is 12.8. The first kappa shape index (κ1) is 15.9. The van der Waals surface area contributed by atoms with Gasteiger partial charge in [-0.15, -0.1) is 0 Å². The van der Waals surface area contributed by atoms with E-state index in [-0.39, 0.29) is 30.1 Å². The Kier molecular flexibility index (Phi) is 5.04. The van der Waals surface area contributed by atoms with Crippen LogP contribution in [0.5, 0.6) is 0 Å². The highest BCUT2D eigenvalue weighted by Gasteiger charge is 2.11. The molecule has 0 aliphatic carbocycles. The summed E-state index contributed by atoms with van der Waals surface area (Å²) in [5.41, 5.74) is 1.70. The number of hydrogen-bond donors (Lipinski definition) is 0. The molecule has 22 heavy (non-hydrogen) atoms. The lowest BCUT2D eigenvalue weighted by Gasteiger charge is -2.08. The topological polar surface area (TPSA) is 43.4 Å². The van der Waals surface area contributed by atoms with Crippen LogP contribution in [0.15, 0.2) is 48.5 Å². The predicted molar refractivity (Wildman–Crippen MR) is 81.4 cm³/mol. The molecule has 2 aromatic rings. The molecule has 3 nitrogen and oxygen atoms in total. The third-order valence-electron chi connectivity index (χ3n) is 3.06. The summed E-state index contributed by atoms with van der Waals surface area (Å²) in [6.07, 6.45) is 0.0257. The van der Waals surface area contributed by atoms with E-state index in [0.717, 1.165) is 5.56 Å². The minimum atomic E-state index is -0.383. The van der Waals surface area contributed by atoms with Crippen molar-refractivity contribution in [3.05, 3.63) is 71.0 Å². The quantitative estimate of drug-likeness (QED) is 0.623. The van der Waals surface area contributed by atoms with Gasteiger partial charge in [-0.2, -0.15) is 0 Å². The molecule has 0 unspecified atom stereocenters. The van der Waals surface area contributed by atoms with E-state index in [9.17, 15) is 14.0 Å². The van der Waals surface area contributed by atoms with Crippen molar-refractivity contribution in [1.29, 1.82) is 0 Å². The number of ether oxygens (including phenoxy) is 1. The van der Waals surface area contributed by atoms with E-state index in [1.807, 2.05) is 0 Å². The number of esters is 1. The SMILES string of the molecule is CC(C)OC(=O)c1ccc(CC(=O)c2ccc(F)cc2)cc1. The molecule has 0 aliphatic heterocycles. The summed E-state index contributed by atoms with van der Waals surface area (Å²) >= 11 is 0. The normalized spacial score (nSPS) is 10.5. The zero-order valence-corrected chi connectivity index (χ0v) is 12.5. The number of carbonyl (C=O) groups excluding carboxylic acids is 2. The van der Waals surface area contributed by atoms with E-state index < -0.39 is 0 Å². The molecular formula is C18H17FO3. The molecule has 0 heterocycles. The smallest absolute Gasteiger partial charge is 0.338 e. The van der Waals surface area contributed by atoms with Crippen molar-refractivity contribution in [2.24, 2.45) is 0 Å². The Morgan fingerprint density at radius 2 is 1.50 bits per heavy atom. The number of carbonyl (C=O) groups is 2. The number of Topliss-reactive ketones (excluding diaryl/α,β-unsaturated/α-hetero) is 1. The summed E-state index contributed by atoms with van der Waals surface area (Å²) in [4.78, 5) is 23.8. The Labute approximate surface area is 128 Å². The number of ketones is 1. The Morgan fingerprint density at radius 3 is 2.05 bits per heavy atom. The Morgan fingerprint density at radius 1 is 0.955 bits per heavy atom. The largest absolute Gasteiger partial charge is 0.459 e. The van der Waals surface area contributed by atoms with Crippen LogP contribution in [0.2, 0.25) is 0 Å². The molecule has 114 valence electrons. The van der Waals surface area contributed by atoms with Crippen LogP contribution < -0.4 is 0 Å². The van der Waals surface area contributed by atoms with Crippen LogP contribution in [0.3, 0.4) is 0 Å². The summed E-state index contributed by atoms with van der Waals surface area (Å²) < 4.78 is 17.9. The van der Waals surface area contributed by atoms with Gasteiger partial charge in [0.25, 0.3) is 0 Å². The maximum Gasteiger partial charge on any atom is 0.338 e. The monoisotopic (exact) mass is 300 g/mol. The van der Waals surface area contributed by atoms with Gasteiger partial charge < -0.3 is 4.74 Å². The minimum absolute atomic E-state index is 0.0995. The van der Waals surface area contributed by atoms with Crippen LogP contribution in [0.25, 0.3) is 0 Å². The van der Waals surface area contributed by atoms with Gasteiger partial charge in [-0.1, -0.05) is 12.1 Å². The highest BCUT2D eigenvalue weighted by molar-refractivity contribution is 5.97. The third kappa shape index (κ3) is 4.25. The molecule has 0 amide bonds. The molecule has 0 aliphatic rings. The maximum absolute atomic E-state index is 12.8. The summed E-state index contributed by atoms with van der Waals surface area (Å²) in [6, 6.07) is 12.2. The molecule has 4 heteroatoms. The highest BCUT2D eigenvalue weighted by atomic mass is 19.1. The first-order valence-corrected chi connectivity index (χ1v) is 7.04. The lowest BCUT2D eigenvalue weighted by Crippen LogP contribution is -2.11. The van der Waals surface area contributed by atoms with Crippen LogP contribution in [0.1, 0.15) is 40.1 Å². The van der Waals surface area contributed by atoms with Gasteiger partial charge in [0.15, 0.2) is 5.78 Å². The van der Waals surface area contributed by atoms with Gasteiger partial charge in [0.1, 0.15) is 5.82 Å². The number of rotatable bonds is 5. The van der Waals surface area contributed by atoms with Crippen LogP contribution in [0, 0.1) is 5.82 Å². The zero-order valence-electron chi connectivity index (χ0n) is 12.5. The third-order valence-corrected chi connectivity index (χ3v) is 3.06. The van der Waals surface area contributed by atoms with Crippen LogP contribution in [-0.2, 0) is 11.2 Å². The average Bonchev–Trinajstić information content (AvgIpc) is 2.48. The lowest BCUT2D eigenvalue weighted by atomic mass is 10.0. The molecule has 0 aromatic heterocycles. The van der Waals surface area contributed by atoms with Crippen molar-refractivity contribution < 1.29 is 18.7 Å². The van der Waals surface area contributed by atoms with Gasteiger partial charge in [0, 0.05) is 12.0 Å². The van der Waals surface area contributed by atoms with Gasteiger partial charge >= 0.3 is 5.97 Å². The lowest BCUT2D eigenvalue weighted by molar-refractivity contribution is 0.0378. The summed E-state index contributed by atoms with van der Waals surface area (Å²) in [6.45, 7) is 3.57. The molecule has 0 radical (unpaired) electrons. The predicted octanol–water partition coefficient (Wildman–Crippen LogP) is 3.82. The first-order valence-electron chi connectivity index (χ1n) is 7.04. The number of benzene rings is 2. The summed E-state index contributed by atoms with van der Waals surface area (Å²) in [5, 5.41) is 0. The zero-order chi connectivity index (χ0) is 16.1. The summed E-state index contributed by atoms with van der Waals surface area (Å²) in [5.74, 6) is -0.853. The molecule has 0 N–H and O–H groups in total. The minimum Gasteiger partial charge on any atom is -0.459 e. The Hall–Kier alpha value is -2.49. The van der Waals surface area contributed by atoms with Crippen molar-refractivity contribution in [3.8, 4) is 0 Å². The van der Waals surface area contributed by atoms with E-state index in [2.05, 4.69) is 0 Å². The molecule has 0 saturated heterocycles. The highest BCUT2D eigenvalue weighted by Crippen LogP contribution is 2.11. The van der Waals surface area contributed by atoms with E-state index >= 15 is 0 Å². The standard InChI is InChI=1S/C18H17FO3/c1-12(2)22-18(21)15-5-3-13(4-6-15)11-17(20)14-7-9-16(19)10-8-14/h3-10,12H,11H2,1-2H3. The fourth-order valence-corrected chi connectivity index (χ4v) is 1.96. The molecule has 0 spiro atoms. The molecule has 0 atom stereocenters. The fourth-order valence-electron chi connectivity index (χ4n) is 1.96. The molecule has 2 aromatic carbocycles. The van der Waals surface area contributed by atoms with Gasteiger partial charge in [0.05, 0.1) is 11.7 Å². The van der Waals surface area contributed by atoms with E-state index in [1.54, 1.807) is 38.1 Å².